The molecule has 0 spiro atoms. The maximum Gasteiger partial charge on any atom is 0.256 e. The summed E-state index contributed by atoms with van der Waals surface area (Å²) < 4.78 is 13.8. The third-order valence-corrected chi connectivity index (χ3v) is 3.33. The fourth-order valence-corrected chi connectivity index (χ4v) is 2.33. The molecule has 0 unspecified atom stereocenters. The lowest BCUT2D eigenvalue weighted by atomic mass is 10.0. The Morgan fingerprint density at radius 2 is 2.22 bits per heavy atom. The van der Waals surface area contributed by atoms with Gasteiger partial charge in [-0.1, -0.05) is 17.7 Å². The maximum atomic E-state index is 13.8. The molecule has 0 bridgehead atoms. The summed E-state index contributed by atoms with van der Waals surface area (Å²) in [6.07, 6.45) is 0. The number of hydrogen-bond donors (Lipinski definition) is 1. The zero-order chi connectivity index (χ0) is 13.3. The number of hydrogen-bond acceptors (Lipinski definition) is 2. The summed E-state index contributed by atoms with van der Waals surface area (Å²) in [4.78, 5) is 13.9. The number of carbonyl (C=O) groups is 1. The van der Waals surface area contributed by atoms with Gasteiger partial charge in [-0.25, -0.2) is 4.39 Å². The highest BCUT2D eigenvalue weighted by Crippen LogP contribution is 2.21. The lowest BCUT2D eigenvalue weighted by Gasteiger charge is -2.39. The van der Waals surface area contributed by atoms with Crippen LogP contribution < -0.4 is 5.32 Å². The Hall–Kier alpha value is -1.13. The number of piperazine rings is 1. The fourth-order valence-electron chi connectivity index (χ4n) is 2.15. The van der Waals surface area contributed by atoms with Gasteiger partial charge in [0.1, 0.15) is 0 Å². The average molecular weight is 271 g/mol. The number of amides is 1. The molecule has 1 saturated heterocycles. The first-order chi connectivity index (χ1) is 8.41. The molecule has 1 aliphatic heterocycles. The minimum absolute atomic E-state index is 0.0183. The van der Waals surface area contributed by atoms with Gasteiger partial charge in [0, 0.05) is 25.2 Å². The van der Waals surface area contributed by atoms with E-state index in [1.165, 1.54) is 12.1 Å². The zero-order valence-corrected chi connectivity index (χ0v) is 11.2. The van der Waals surface area contributed by atoms with E-state index in [0.29, 0.717) is 19.6 Å². The first-order valence-electron chi connectivity index (χ1n) is 5.89. The van der Waals surface area contributed by atoms with Crippen LogP contribution in [-0.2, 0) is 0 Å². The Bertz CT molecular complexity index is 476. The van der Waals surface area contributed by atoms with Gasteiger partial charge >= 0.3 is 0 Å². The van der Waals surface area contributed by atoms with Crippen molar-refractivity contribution in [2.24, 2.45) is 0 Å². The first kappa shape index (κ1) is 13.3. The molecule has 0 aliphatic carbocycles. The van der Waals surface area contributed by atoms with Gasteiger partial charge in [-0.05, 0) is 26.0 Å². The quantitative estimate of drug-likeness (QED) is 0.849. The number of benzene rings is 1. The third-order valence-electron chi connectivity index (χ3n) is 3.04. The highest BCUT2D eigenvalue weighted by Gasteiger charge is 2.30. The van der Waals surface area contributed by atoms with Crippen molar-refractivity contribution < 1.29 is 9.18 Å². The Labute approximate surface area is 111 Å². The molecule has 1 N–H and O–H groups in total. The van der Waals surface area contributed by atoms with E-state index in [-0.39, 0.29) is 22.0 Å². The number of nitrogens with zero attached hydrogens (tertiary/aromatic N) is 1. The van der Waals surface area contributed by atoms with Crippen molar-refractivity contribution in [3.8, 4) is 0 Å². The smallest absolute Gasteiger partial charge is 0.256 e. The van der Waals surface area contributed by atoms with Gasteiger partial charge in [-0.3, -0.25) is 4.79 Å². The number of halogens is 2. The minimum Gasteiger partial charge on any atom is -0.335 e. The van der Waals surface area contributed by atoms with Crippen LogP contribution >= 0.6 is 11.6 Å². The summed E-state index contributed by atoms with van der Waals surface area (Å²) in [5.74, 6) is -0.940. The van der Waals surface area contributed by atoms with E-state index in [9.17, 15) is 9.18 Å². The highest BCUT2D eigenvalue weighted by molar-refractivity contribution is 6.31. The molecule has 3 nitrogen and oxygen atoms in total. The highest BCUT2D eigenvalue weighted by atomic mass is 35.5. The summed E-state index contributed by atoms with van der Waals surface area (Å²) in [5.41, 5.74) is -0.108. The SMILES string of the molecule is CC1(C)CN(C(=O)c2cccc(Cl)c2F)CCN1. The van der Waals surface area contributed by atoms with Crippen molar-refractivity contribution in [2.75, 3.05) is 19.6 Å². The van der Waals surface area contributed by atoms with E-state index < -0.39 is 5.82 Å². The molecule has 0 aromatic heterocycles. The molecule has 1 aliphatic rings. The van der Waals surface area contributed by atoms with Crippen LogP contribution in [0.3, 0.4) is 0 Å². The van der Waals surface area contributed by atoms with Gasteiger partial charge in [0.15, 0.2) is 5.82 Å². The monoisotopic (exact) mass is 270 g/mol. The number of carbonyl (C=O) groups excluding carboxylic acids is 1. The summed E-state index contributed by atoms with van der Waals surface area (Å²) >= 11 is 5.69. The first-order valence-corrected chi connectivity index (χ1v) is 6.27. The van der Waals surface area contributed by atoms with Crippen molar-refractivity contribution in [1.82, 2.24) is 10.2 Å². The van der Waals surface area contributed by atoms with Crippen molar-refractivity contribution >= 4 is 17.5 Å². The van der Waals surface area contributed by atoms with Crippen LogP contribution in [0.5, 0.6) is 0 Å². The Balaban J connectivity index is 2.23. The van der Waals surface area contributed by atoms with E-state index in [4.69, 9.17) is 11.6 Å². The number of nitrogens with one attached hydrogen (secondary N) is 1. The predicted octanol–water partition coefficient (Wildman–Crippen LogP) is 2.30. The van der Waals surface area contributed by atoms with Gasteiger partial charge in [-0.2, -0.15) is 0 Å². The second-order valence-electron chi connectivity index (χ2n) is 5.14. The number of rotatable bonds is 1. The normalized spacial score (nSPS) is 18.8. The molecule has 1 aromatic rings. The fraction of sp³-hybridized carbons (Fsp3) is 0.462. The van der Waals surface area contributed by atoms with E-state index in [1.54, 1.807) is 11.0 Å². The van der Waals surface area contributed by atoms with Crippen LogP contribution in [0.25, 0.3) is 0 Å². The van der Waals surface area contributed by atoms with Crippen LogP contribution in [0, 0.1) is 5.82 Å². The van der Waals surface area contributed by atoms with Gasteiger partial charge in [-0.15, -0.1) is 0 Å². The van der Waals surface area contributed by atoms with E-state index >= 15 is 0 Å². The minimum atomic E-state index is -0.638. The molecule has 0 saturated carbocycles. The molecule has 1 aromatic carbocycles. The van der Waals surface area contributed by atoms with E-state index in [2.05, 4.69) is 5.32 Å². The molecular weight excluding hydrogens is 255 g/mol. The summed E-state index contributed by atoms with van der Waals surface area (Å²) in [6, 6.07) is 4.50. The average Bonchev–Trinajstić information content (AvgIpc) is 2.30. The van der Waals surface area contributed by atoms with Gasteiger partial charge < -0.3 is 10.2 Å². The van der Waals surface area contributed by atoms with Gasteiger partial charge in [0.05, 0.1) is 10.6 Å². The standard InChI is InChI=1S/C13H16ClFN2O/c1-13(2)8-17(7-6-16-13)12(18)9-4-3-5-10(14)11(9)15/h3-5,16H,6-8H2,1-2H3. The van der Waals surface area contributed by atoms with E-state index in [0.717, 1.165) is 0 Å². The van der Waals surface area contributed by atoms with Gasteiger partial charge in [0.25, 0.3) is 5.91 Å². The van der Waals surface area contributed by atoms with Crippen molar-refractivity contribution in [3.63, 3.8) is 0 Å². The maximum absolute atomic E-state index is 13.8. The van der Waals surface area contributed by atoms with Crippen molar-refractivity contribution in [2.45, 2.75) is 19.4 Å². The Morgan fingerprint density at radius 3 is 2.89 bits per heavy atom. The zero-order valence-electron chi connectivity index (χ0n) is 10.5. The summed E-state index contributed by atoms with van der Waals surface area (Å²) in [6.45, 7) is 5.87. The molecule has 0 atom stereocenters. The molecule has 1 heterocycles. The lowest BCUT2D eigenvalue weighted by Crippen LogP contribution is -2.58. The molecule has 5 heteroatoms. The van der Waals surface area contributed by atoms with Crippen LogP contribution in [0.4, 0.5) is 4.39 Å². The molecule has 18 heavy (non-hydrogen) atoms. The molecule has 0 radical (unpaired) electrons. The largest absolute Gasteiger partial charge is 0.335 e. The van der Waals surface area contributed by atoms with Crippen molar-refractivity contribution in [3.05, 3.63) is 34.6 Å². The predicted molar refractivity (Wildman–Crippen MR) is 69.4 cm³/mol. The topological polar surface area (TPSA) is 32.3 Å². The summed E-state index contributed by atoms with van der Waals surface area (Å²) in [7, 11) is 0. The van der Waals surface area contributed by atoms with Gasteiger partial charge in [0.2, 0.25) is 0 Å². The van der Waals surface area contributed by atoms with Crippen LogP contribution in [0.2, 0.25) is 5.02 Å². The van der Waals surface area contributed by atoms with Crippen LogP contribution in [0.15, 0.2) is 18.2 Å². The summed E-state index contributed by atoms with van der Waals surface area (Å²) in [5, 5.41) is 3.29. The second kappa shape index (κ2) is 4.86. The second-order valence-corrected chi connectivity index (χ2v) is 5.55. The molecule has 1 amide bonds. The molecule has 1 fully saturated rings. The molecule has 98 valence electrons. The van der Waals surface area contributed by atoms with E-state index in [1.807, 2.05) is 13.8 Å². The Kier molecular flexibility index (Phi) is 3.59. The third kappa shape index (κ3) is 2.65. The Morgan fingerprint density at radius 1 is 1.50 bits per heavy atom. The lowest BCUT2D eigenvalue weighted by molar-refractivity contribution is 0.0647. The van der Waals surface area contributed by atoms with Crippen LogP contribution in [-0.4, -0.2) is 36.0 Å². The van der Waals surface area contributed by atoms with Crippen molar-refractivity contribution in [1.29, 1.82) is 0 Å². The van der Waals surface area contributed by atoms with Crippen LogP contribution in [0.1, 0.15) is 24.2 Å². The molecular formula is C13H16ClFN2O. The molecule has 2 rings (SSSR count).